The molecule has 170 valence electrons. The average Bonchev–Trinajstić information content (AvgIpc) is 3.15. The van der Waals surface area contributed by atoms with Crippen LogP contribution in [0.25, 0.3) is 16.9 Å². The molecule has 1 N–H and O–H groups in total. The highest BCUT2D eigenvalue weighted by molar-refractivity contribution is 5.94. The molecule has 5 heteroatoms. The number of hydrogen-bond acceptors (Lipinski definition) is 3. The molecule has 2 heterocycles. The van der Waals surface area contributed by atoms with E-state index in [2.05, 4.69) is 78.8 Å². The molecule has 0 saturated carbocycles. The topological polar surface area (TPSA) is 49.6 Å². The summed E-state index contributed by atoms with van der Waals surface area (Å²) >= 11 is 0. The van der Waals surface area contributed by atoms with Gasteiger partial charge >= 0.3 is 0 Å². The fourth-order valence-corrected chi connectivity index (χ4v) is 4.25. The average molecular weight is 441 g/mol. The summed E-state index contributed by atoms with van der Waals surface area (Å²) in [7, 11) is 2.12. The van der Waals surface area contributed by atoms with Gasteiger partial charge in [0.25, 0.3) is 5.91 Å². The van der Waals surface area contributed by atoms with Gasteiger partial charge in [-0.25, -0.2) is 4.98 Å². The molecule has 0 radical (unpaired) electrons. The second-order valence-electron chi connectivity index (χ2n) is 8.81. The van der Waals surface area contributed by atoms with Crippen LogP contribution < -0.4 is 5.32 Å². The zero-order valence-electron chi connectivity index (χ0n) is 20.1. The van der Waals surface area contributed by atoms with Crippen LogP contribution in [0, 0.1) is 20.8 Å². The Morgan fingerprint density at radius 2 is 1.70 bits per heavy atom. The molecule has 0 aliphatic rings. The van der Waals surface area contributed by atoms with Crippen LogP contribution in [0.5, 0.6) is 0 Å². The molecule has 4 rings (SSSR count). The van der Waals surface area contributed by atoms with Crippen molar-refractivity contribution in [1.29, 1.82) is 0 Å². The molecule has 0 aliphatic heterocycles. The summed E-state index contributed by atoms with van der Waals surface area (Å²) in [6.07, 6.45) is 1.91. The van der Waals surface area contributed by atoms with Gasteiger partial charge in [-0.3, -0.25) is 9.69 Å². The standard InChI is InChI=1S/C28H32N4O/c1-6-29-28(33)23-12-13-26-30-27(24-14-19(2)21(4)20(3)15-24)25(32(26)17-23)18-31(5)16-22-10-8-7-9-11-22/h7-15,17H,6,16,18H2,1-5H3,(H,29,33). The van der Waals surface area contributed by atoms with Gasteiger partial charge in [0.1, 0.15) is 5.65 Å². The van der Waals surface area contributed by atoms with Gasteiger partial charge in [-0.1, -0.05) is 30.3 Å². The number of aryl methyl sites for hydroxylation is 2. The molecule has 1 amide bonds. The van der Waals surface area contributed by atoms with Gasteiger partial charge in [-0.05, 0) is 81.3 Å². The molecule has 0 atom stereocenters. The van der Waals surface area contributed by atoms with Crippen molar-refractivity contribution in [3.05, 3.63) is 94.3 Å². The number of amides is 1. The predicted octanol–water partition coefficient (Wildman–Crippen LogP) is 5.31. The fourth-order valence-electron chi connectivity index (χ4n) is 4.25. The van der Waals surface area contributed by atoms with Crippen molar-refractivity contribution in [2.75, 3.05) is 13.6 Å². The van der Waals surface area contributed by atoms with Crippen molar-refractivity contribution in [3.63, 3.8) is 0 Å². The number of fused-ring (bicyclic) bond motifs is 1. The SMILES string of the molecule is CCNC(=O)c1ccc2nc(-c3cc(C)c(C)c(C)c3)c(CN(C)Cc3ccccc3)n2c1. The largest absolute Gasteiger partial charge is 0.352 e. The molecule has 0 spiro atoms. The van der Waals surface area contributed by atoms with E-state index in [1.54, 1.807) is 0 Å². The van der Waals surface area contributed by atoms with Crippen LogP contribution in [0.15, 0.2) is 60.8 Å². The third kappa shape index (κ3) is 4.83. The Bertz CT molecular complexity index is 1270. The number of pyridine rings is 1. The Hall–Kier alpha value is -3.44. The Labute approximate surface area is 196 Å². The van der Waals surface area contributed by atoms with Gasteiger partial charge < -0.3 is 9.72 Å². The van der Waals surface area contributed by atoms with Gasteiger partial charge in [0, 0.05) is 31.4 Å². The molecule has 0 unspecified atom stereocenters. The van der Waals surface area contributed by atoms with E-state index in [4.69, 9.17) is 4.98 Å². The van der Waals surface area contributed by atoms with Crippen LogP contribution in [-0.2, 0) is 13.1 Å². The zero-order chi connectivity index (χ0) is 23.5. The van der Waals surface area contributed by atoms with Crippen molar-refractivity contribution < 1.29 is 4.79 Å². The third-order valence-electron chi connectivity index (χ3n) is 6.23. The van der Waals surface area contributed by atoms with Crippen LogP contribution in [0.3, 0.4) is 0 Å². The van der Waals surface area contributed by atoms with Crippen LogP contribution >= 0.6 is 0 Å². The summed E-state index contributed by atoms with van der Waals surface area (Å²) in [5.41, 5.74) is 9.73. The smallest absolute Gasteiger partial charge is 0.252 e. The highest BCUT2D eigenvalue weighted by Gasteiger charge is 2.18. The summed E-state index contributed by atoms with van der Waals surface area (Å²) in [5.74, 6) is -0.0692. The Morgan fingerprint density at radius 1 is 1.00 bits per heavy atom. The number of imidazole rings is 1. The lowest BCUT2D eigenvalue weighted by molar-refractivity contribution is 0.0955. The van der Waals surface area contributed by atoms with Gasteiger partial charge in [0.15, 0.2) is 0 Å². The van der Waals surface area contributed by atoms with Crippen molar-refractivity contribution in [1.82, 2.24) is 19.6 Å². The van der Waals surface area contributed by atoms with E-state index in [1.165, 1.54) is 22.3 Å². The zero-order valence-corrected chi connectivity index (χ0v) is 20.1. The maximum atomic E-state index is 12.5. The van der Waals surface area contributed by atoms with Crippen molar-refractivity contribution in [3.8, 4) is 11.3 Å². The predicted molar refractivity (Wildman–Crippen MR) is 134 cm³/mol. The van der Waals surface area contributed by atoms with E-state index in [0.717, 1.165) is 29.1 Å². The summed E-state index contributed by atoms with van der Waals surface area (Å²) in [5, 5.41) is 2.90. The fraction of sp³-hybridized carbons (Fsp3) is 0.286. The first kappa shape index (κ1) is 22.7. The third-order valence-corrected chi connectivity index (χ3v) is 6.23. The lowest BCUT2D eigenvalue weighted by atomic mass is 9.98. The number of carbonyl (C=O) groups is 1. The normalized spacial score (nSPS) is 11.3. The quantitative estimate of drug-likeness (QED) is 0.424. The molecule has 2 aromatic heterocycles. The lowest BCUT2D eigenvalue weighted by Gasteiger charge is -2.18. The second kappa shape index (κ2) is 9.59. The van der Waals surface area contributed by atoms with E-state index in [-0.39, 0.29) is 5.91 Å². The first-order valence-corrected chi connectivity index (χ1v) is 11.5. The lowest BCUT2D eigenvalue weighted by Crippen LogP contribution is -2.23. The first-order chi connectivity index (χ1) is 15.9. The molecule has 33 heavy (non-hydrogen) atoms. The number of hydrogen-bond donors (Lipinski definition) is 1. The van der Waals surface area contributed by atoms with Crippen LogP contribution in [0.4, 0.5) is 0 Å². The van der Waals surface area contributed by atoms with E-state index < -0.39 is 0 Å². The minimum absolute atomic E-state index is 0.0692. The maximum Gasteiger partial charge on any atom is 0.252 e. The molecule has 0 aliphatic carbocycles. The molecule has 0 bridgehead atoms. The number of carbonyl (C=O) groups excluding carboxylic acids is 1. The highest BCUT2D eigenvalue weighted by atomic mass is 16.1. The number of benzene rings is 2. The van der Waals surface area contributed by atoms with Gasteiger partial charge in [0.2, 0.25) is 0 Å². The van der Waals surface area contributed by atoms with Crippen LogP contribution in [-0.4, -0.2) is 33.8 Å². The minimum atomic E-state index is -0.0692. The number of nitrogens with one attached hydrogen (secondary N) is 1. The van der Waals surface area contributed by atoms with Gasteiger partial charge in [-0.2, -0.15) is 0 Å². The van der Waals surface area contributed by atoms with Crippen molar-refractivity contribution >= 4 is 11.6 Å². The molecule has 4 aromatic rings. The first-order valence-electron chi connectivity index (χ1n) is 11.5. The minimum Gasteiger partial charge on any atom is -0.352 e. The number of nitrogens with zero attached hydrogens (tertiary/aromatic N) is 3. The van der Waals surface area contributed by atoms with Crippen LogP contribution in [0.1, 0.15) is 45.2 Å². The molecular formula is C28H32N4O. The van der Waals surface area contributed by atoms with Crippen molar-refractivity contribution in [2.24, 2.45) is 0 Å². The van der Waals surface area contributed by atoms with Gasteiger partial charge in [-0.15, -0.1) is 0 Å². The summed E-state index contributed by atoms with van der Waals surface area (Å²) in [6, 6.07) is 18.7. The van der Waals surface area contributed by atoms with E-state index >= 15 is 0 Å². The van der Waals surface area contributed by atoms with Crippen LogP contribution in [0.2, 0.25) is 0 Å². The molecular weight excluding hydrogens is 408 g/mol. The Balaban J connectivity index is 1.81. The van der Waals surface area contributed by atoms with E-state index in [0.29, 0.717) is 18.7 Å². The van der Waals surface area contributed by atoms with Gasteiger partial charge in [0.05, 0.1) is 17.0 Å². The van der Waals surface area contributed by atoms with E-state index in [1.807, 2.05) is 31.3 Å². The summed E-state index contributed by atoms with van der Waals surface area (Å²) in [6.45, 7) is 10.5. The number of rotatable bonds is 7. The molecule has 0 fully saturated rings. The maximum absolute atomic E-state index is 12.5. The van der Waals surface area contributed by atoms with Crippen molar-refractivity contribution in [2.45, 2.75) is 40.8 Å². The Kier molecular flexibility index (Phi) is 6.61. The van der Waals surface area contributed by atoms with E-state index in [9.17, 15) is 4.79 Å². The number of aromatic nitrogens is 2. The molecule has 0 saturated heterocycles. The molecule has 5 nitrogen and oxygen atoms in total. The second-order valence-corrected chi connectivity index (χ2v) is 8.81. The molecule has 2 aromatic carbocycles. The highest BCUT2D eigenvalue weighted by Crippen LogP contribution is 2.29. The monoisotopic (exact) mass is 440 g/mol. The summed E-state index contributed by atoms with van der Waals surface area (Å²) in [4.78, 5) is 19.8. The summed E-state index contributed by atoms with van der Waals surface area (Å²) < 4.78 is 2.08. The Morgan fingerprint density at radius 3 is 2.36 bits per heavy atom.